The summed E-state index contributed by atoms with van der Waals surface area (Å²) in [7, 11) is 3.50. The van der Waals surface area contributed by atoms with Crippen molar-refractivity contribution in [3.05, 3.63) is 0 Å². The van der Waals surface area contributed by atoms with Gasteiger partial charge in [-0.1, -0.05) is 0 Å². The van der Waals surface area contributed by atoms with Crippen molar-refractivity contribution in [1.82, 2.24) is 15.5 Å². The van der Waals surface area contributed by atoms with Crippen LogP contribution in [0.5, 0.6) is 0 Å². The van der Waals surface area contributed by atoms with E-state index in [1.165, 1.54) is 0 Å². The maximum atomic E-state index is 11.8. The largest absolute Gasteiger partial charge is 0.444 e. The molecule has 2 amide bonds. The zero-order valence-electron chi connectivity index (χ0n) is 14.0. The van der Waals surface area contributed by atoms with E-state index in [0.29, 0.717) is 0 Å². The van der Waals surface area contributed by atoms with Gasteiger partial charge in [-0.15, -0.1) is 0 Å². The van der Waals surface area contributed by atoms with Gasteiger partial charge in [0.05, 0.1) is 6.04 Å². The quantitative estimate of drug-likeness (QED) is 0.825. The van der Waals surface area contributed by atoms with Gasteiger partial charge in [-0.25, -0.2) is 4.79 Å². The third-order valence-electron chi connectivity index (χ3n) is 3.45. The summed E-state index contributed by atoms with van der Waals surface area (Å²) < 4.78 is 5.25. The van der Waals surface area contributed by atoms with Gasteiger partial charge in [0, 0.05) is 26.2 Å². The molecule has 0 aromatic carbocycles. The van der Waals surface area contributed by atoms with E-state index in [1.54, 1.807) is 19.0 Å². The molecule has 3 atom stereocenters. The van der Waals surface area contributed by atoms with E-state index in [0.717, 1.165) is 19.3 Å². The van der Waals surface area contributed by atoms with Crippen molar-refractivity contribution in [1.29, 1.82) is 0 Å². The number of alkyl carbamates (subject to hydrolysis) is 1. The molecule has 122 valence electrons. The first kappa shape index (κ1) is 17.8. The molecular weight excluding hydrogens is 270 g/mol. The number of hydrogen-bond acceptors (Lipinski definition) is 4. The maximum absolute atomic E-state index is 11.8. The van der Waals surface area contributed by atoms with Gasteiger partial charge in [0.25, 0.3) is 0 Å². The lowest BCUT2D eigenvalue weighted by Crippen LogP contribution is -2.46. The maximum Gasteiger partial charge on any atom is 0.407 e. The van der Waals surface area contributed by atoms with Crippen LogP contribution in [0.2, 0.25) is 0 Å². The number of nitrogens with zero attached hydrogens (tertiary/aromatic N) is 1. The first-order valence-electron chi connectivity index (χ1n) is 7.55. The van der Waals surface area contributed by atoms with Crippen molar-refractivity contribution < 1.29 is 14.3 Å². The second-order valence-corrected chi connectivity index (χ2v) is 6.97. The van der Waals surface area contributed by atoms with E-state index in [4.69, 9.17) is 4.74 Å². The minimum atomic E-state index is -0.479. The molecule has 1 aliphatic carbocycles. The van der Waals surface area contributed by atoms with Crippen LogP contribution < -0.4 is 10.6 Å². The van der Waals surface area contributed by atoms with Crippen molar-refractivity contribution in [3.63, 3.8) is 0 Å². The average molecular weight is 299 g/mol. The van der Waals surface area contributed by atoms with Crippen molar-refractivity contribution in [2.24, 2.45) is 0 Å². The first-order valence-corrected chi connectivity index (χ1v) is 7.55. The molecule has 3 unspecified atom stereocenters. The van der Waals surface area contributed by atoms with E-state index >= 15 is 0 Å². The fraction of sp³-hybridized carbons (Fsp3) is 0.867. The van der Waals surface area contributed by atoms with Crippen molar-refractivity contribution in [2.75, 3.05) is 14.1 Å². The van der Waals surface area contributed by atoms with Crippen LogP contribution in [-0.4, -0.2) is 54.7 Å². The fourth-order valence-corrected chi connectivity index (χ4v) is 2.55. The third-order valence-corrected chi connectivity index (χ3v) is 3.45. The highest BCUT2D eigenvalue weighted by atomic mass is 16.6. The zero-order chi connectivity index (χ0) is 16.2. The molecule has 6 nitrogen and oxygen atoms in total. The molecule has 0 saturated heterocycles. The van der Waals surface area contributed by atoms with Crippen LogP contribution in [-0.2, 0) is 9.53 Å². The van der Waals surface area contributed by atoms with Gasteiger partial charge in [-0.05, 0) is 47.0 Å². The second kappa shape index (κ2) is 7.11. The zero-order valence-corrected chi connectivity index (χ0v) is 14.0. The third kappa shape index (κ3) is 6.33. The number of carbonyl (C=O) groups is 2. The van der Waals surface area contributed by atoms with Crippen LogP contribution in [0.3, 0.4) is 0 Å². The molecule has 0 aromatic rings. The molecule has 1 aliphatic rings. The van der Waals surface area contributed by atoms with E-state index in [2.05, 4.69) is 10.6 Å². The van der Waals surface area contributed by atoms with E-state index < -0.39 is 5.60 Å². The molecule has 0 aromatic heterocycles. The summed E-state index contributed by atoms with van der Waals surface area (Å²) in [6.45, 7) is 7.41. The fourth-order valence-electron chi connectivity index (χ4n) is 2.55. The predicted molar refractivity (Wildman–Crippen MR) is 82.1 cm³/mol. The van der Waals surface area contributed by atoms with Crippen LogP contribution in [0.15, 0.2) is 0 Å². The monoisotopic (exact) mass is 299 g/mol. The van der Waals surface area contributed by atoms with Gasteiger partial charge in [0.15, 0.2) is 0 Å². The lowest BCUT2D eigenvalue weighted by Gasteiger charge is -2.23. The van der Waals surface area contributed by atoms with Gasteiger partial charge >= 0.3 is 6.09 Å². The number of carbonyl (C=O) groups excluding carboxylic acids is 2. The normalized spacial score (nSPS) is 23.5. The average Bonchev–Trinajstić information content (AvgIpc) is 2.72. The summed E-state index contributed by atoms with van der Waals surface area (Å²) >= 11 is 0. The van der Waals surface area contributed by atoms with Gasteiger partial charge in [0.2, 0.25) is 5.91 Å². The second-order valence-electron chi connectivity index (χ2n) is 6.97. The highest BCUT2D eigenvalue weighted by Crippen LogP contribution is 2.20. The van der Waals surface area contributed by atoms with E-state index in [1.807, 2.05) is 27.7 Å². The number of ether oxygens (including phenoxy) is 1. The van der Waals surface area contributed by atoms with Gasteiger partial charge < -0.3 is 20.3 Å². The smallest absolute Gasteiger partial charge is 0.407 e. The molecule has 0 bridgehead atoms. The molecule has 1 saturated carbocycles. The lowest BCUT2D eigenvalue weighted by atomic mass is 10.2. The number of rotatable bonds is 4. The van der Waals surface area contributed by atoms with Gasteiger partial charge in [-0.2, -0.15) is 0 Å². The van der Waals surface area contributed by atoms with Crippen LogP contribution in [0, 0.1) is 0 Å². The molecule has 6 heteroatoms. The Morgan fingerprint density at radius 1 is 1.19 bits per heavy atom. The summed E-state index contributed by atoms with van der Waals surface area (Å²) in [4.78, 5) is 25.1. The highest BCUT2D eigenvalue weighted by molar-refractivity contribution is 5.80. The highest BCUT2D eigenvalue weighted by Gasteiger charge is 2.29. The molecule has 21 heavy (non-hydrogen) atoms. The molecule has 2 N–H and O–H groups in total. The van der Waals surface area contributed by atoms with Crippen molar-refractivity contribution in [3.8, 4) is 0 Å². The van der Waals surface area contributed by atoms with E-state index in [-0.39, 0.29) is 30.1 Å². The Labute approximate surface area is 127 Å². The minimum absolute atomic E-state index is 0.0681. The lowest BCUT2D eigenvalue weighted by molar-refractivity contribution is -0.130. The summed E-state index contributed by atoms with van der Waals surface area (Å²) in [5.41, 5.74) is -0.479. The molecule has 0 spiro atoms. The Hall–Kier alpha value is -1.30. The van der Waals surface area contributed by atoms with Crippen LogP contribution >= 0.6 is 0 Å². The van der Waals surface area contributed by atoms with Crippen LogP contribution in [0.1, 0.15) is 47.0 Å². The Morgan fingerprint density at radius 3 is 2.29 bits per heavy atom. The van der Waals surface area contributed by atoms with E-state index in [9.17, 15) is 9.59 Å². The van der Waals surface area contributed by atoms with Crippen molar-refractivity contribution >= 4 is 12.0 Å². The molecule has 1 rings (SSSR count). The molecular formula is C15H29N3O3. The van der Waals surface area contributed by atoms with Gasteiger partial charge in [-0.3, -0.25) is 4.79 Å². The summed E-state index contributed by atoms with van der Waals surface area (Å²) in [6, 6.07) is 0.160. The molecule has 1 fully saturated rings. The number of likely N-dealkylation sites (N-methyl/N-ethyl adjacent to an activating group) is 1. The Balaban J connectivity index is 2.36. The number of nitrogens with one attached hydrogen (secondary N) is 2. The molecule has 0 aliphatic heterocycles. The predicted octanol–water partition coefficient (Wildman–Crippen LogP) is 1.50. The SMILES string of the molecule is CC(NC1CCC(NC(=O)OC(C)(C)C)C1)C(=O)N(C)C. The minimum Gasteiger partial charge on any atom is -0.444 e. The van der Waals surface area contributed by atoms with Crippen molar-refractivity contribution in [2.45, 2.75) is 70.7 Å². The first-order chi connectivity index (χ1) is 9.58. The number of amides is 2. The Morgan fingerprint density at radius 2 is 1.76 bits per heavy atom. The topological polar surface area (TPSA) is 70.7 Å². The van der Waals surface area contributed by atoms with Gasteiger partial charge in [0.1, 0.15) is 5.60 Å². The summed E-state index contributed by atoms with van der Waals surface area (Å²) in [5, 5.41) is 6.22. The standard InChI is InChI=1S/C15H29N3O3/c1-10(13(19)18(5)6)16-11-7-8-12(9-11)17-14(20)21-15(2,3)4/h10-12,16H,7-9H2,1-6H3,(H,17,20). The van der Waals surface area contributed by atoms with Crippen LogP contribution in [0.4, 0.5) is 4.79 Å². The Kier molecular flexibility index (Phi) is 6.01. The summed E-state index contributed by atoms with van der Waals surface area (Å²) in [6.07, 6.45) is 2.31. The molecule has 0 heterocycles. The Bertz CT molecular complexity index is 377. The molecule has 0 radical (unpaired) electrons. The van der Waals surface area contributed by atoms with Crippen LogP contribution in [0.25, 0.3) is 0 Å². The summed E-state index contributed by atoms with van der Waals surface area (Å²) in [5.74, 6) is 0.0681. The number of hydrogen-bond donors (Lipinski definition) is 2.